The number of aliphatic hydroxyl groups is 4. The lowest BCUT2D eigenvalue weighted by molar-refractivity contribution is -0.305. The van der Waals surface area contributed by atoms with Crippen molar-refractivity contribution in [3.8, 4) is 0 Å². The number of allylic oxidation sites excluding steroid dienone is 2. The molecule has 1 saturated heterocycles. The molecule has 0 aromatic heterocycles. The Morgan fingerprint density at radius 1 is 0.508 bits per heavy atom. The summed E-state index contributed by atoms with van der Waals surface area (Å²) in [6.45, 7) is 3.45. The average Bonchev–Trinajstić information content (AvgIpc) is 3.23. The number of hydrogen-bond acceptors (Lipinski definition) is 10. The lowest BCUT2D eigenvalue weighted by Gasteiger charge is -2.39. The largest absolute Gasteiger partial charge is 0.462 e. The fourth-order valence-electron chi connectivity index (χ4n) is 7.71. The second-order valence-electron chi connectivity index (χ2n) is 17.3. The highest BCUT2D eigenvalue weighted by Gasteiger charge is 2.44. The van der Waals surface area contributed by atoms with Gasteiger partial charge in [-0.2, -0.15) is 0 Å². The molecule has 0 bridgehead atoms. The normalized spacial score (nSPS) is 20.0. The summed E-state index contributed by atoms with van der Waals surface area (Å²) < 4.78 is 22.2. The molecule has 0 aliphatic carbocycles. The summed E-state index contributed by atoms with van der Waals surface area (Å²) >= 11 is 0. The first-order chi connectivity index (χ1) is 28.8. The van der Waals surface area contributed by atoms with E-state index in [0.717, 1.165) is 51.4 Å². The van der Waals surface area contributed by atoms with Gasteiger partial charge in [0, 0.05) is 12.8 Å². The van der Waals surface area contributed by atoms with Crippen molar-refractivity contribution in [3.63, 3.8) is 0 Å². The van der Waals surface area contributed by atoms with Crippen molar-refractivity contribution < 1.29 is 49.0 Å². The maximum absolute atomic E-state index is 12.8. The molecular weight excluding hydrogens is 749 g/mol. The molecule has 59 heavy (non-hydrogen) atoms. The van der Waals surface area contributed by atoms with Crippen LogP contribution in [0.25, 0.3) is 0 Å². The van der Waals surface area contributed by atoms with Gasteiger partial charge in [0.2, 0.25) is 0 Å². The molecule has 1 aliphatic rings. The highest BCUT2D eigenvalue weighted by Crippen LogP contribution is 2.23. The van der Waals surface area contributed by atoms with Gasteiger partial charge in [-0.25, -0.2) is 0 Å². The Balaban J connectivity index is 2.27. The maximum Gasteiger partial charge on any atom is 0.306 e. The molecule has 2 unspecified atom stereocenters. The molecular formula is C49H92O10. The average molecular weight is 841 g/mol. The van der Waals surface area contributed by atoms with Crippen LogP contribution in [0.3, 0.4) is 0 Å². The topological polar surface area (TPSA) is 152 Å². The van der Waals surface area contributed by atoms with Gasteiger partial charge >= 0.3 is 11.9 Å². The van der Waals surface area contributed by atoms with Crippen LogP contribution in [-0.2, 0) is 28.5 Å². The molecule has 0 spiro atoms. The third-order valence-corrected chi connectivity index (χ3v) is 11.7. The molecule has 1 heterocycles. The van der Waals surface area contributed by atoms with Gasteiger partial charge in [-0.1, -0.05) is 193 Å². The van der Waals surface area contributed by atoms with Crippen LogP contribution >= 0.6 is 0 Å². The number of carbonyl (C=O) groups excluding carboxylic acids is 2. The summed E-state index contributed by atoms with van der Waals surface area (Å²) in [6, 6.07) is 0. The molecule has 1 fully saturated rings. The molecule has 4 N–H and O–H groups in total. The molecule has 10 heteroatoms. The highest BCUT2D eigenvalue weighted by molar-refractivity contribution is 5.70. The van der Waals surface area contributed by atoms with E-state index in [1.807, 2.05) is 0 Å². The zero-order valence-corrected chi connectivity index (χ0v) is 38.0. The molecule has 6 atom stereocenters. The number of hydrogen-bond donors (Lipinski definition) is 4. The summed E-state index contributed by atoms with van der Waals surface area (Å²) in [5.74, 6) is -0.798. The summed E-state index contributed by atoms with van der Waals surface area (Å²) in [5, 5.41) is 40.1. The number of esters is 2. The fraction of sp³-hybridized carbons (Fsp3) is 0.918. The van der Waals surface area contributed by atoms with Gasteiger partial charge in [0.15, 0.2) is 12.4 Å². The van der Waals surface area contributed by atoms with Crippen LogP contribution in [0.4, 0.5) is 0 Å². The first-order valence-electron chi connectivity index (χ1n) is 24.8. The predicted octanol–water partition coefficient (Wildman–Crippen LogP) is 11.1. The van der Waals surface area contributed by atoms with Crippen molar-refractivity contribution in [1.82, 2.24) is 0 Å². The van der Waals surface area contributed by atoms with Crippen LogP contribution < -0.4 is 0 Å². The van der Waals surface area contributed by atoms with Gasteiger partial charge < -0.3 is 39.4 Å². The van der Waals surface area contributed by atoms with Crippen molar-refractivity contribution in [3.05, 3.63) is 12.2 Å². The van der Waals surface area contributed by atoms with E-state index in [0.29, 0.717) is 6.42 Å². The minimum atomic E-state index is -1.59. The van der Waals surface area contributed by atoms with Gasteiger partial charge in [0.1, 0.15) is 31.0 Å². The van der Waals surface area contributed by atoms with E-state index < -0.39 is 49.4 Å². The first-order valence-corrected chi connectivity index (χ1v) is 24.8. The Morgan fingerprint density at radius 2 is 0.898 bits per heavy atom. The lowest BCUT2D eigenvalue weighted by Crippen LogP contribution is -2.59. The molecule has 0 aromatic carbocycles. The zero-order valence-electron chi connectivity index (χ0n) is 38.0. The zero-order chi connectivity index (χ0) is 43.0. The quantitative estimate of drug-likeness (QED) is 0.0265. The summed E-state index contributed by atoms with van der Waals surface area (Å²) in [5.41, 5.74) is 0. The molecule has 1 rings (SSSR count). The highest BCUT2D eigenvalue weighted by atomic mass is 16.7. The lowest BCUT2D eigenvalue weighted by atomic mass is 9.99. The minimum absolute atomic E-state index is 0.214. The van der Waals surface area contributed by atoms with E-state index in [1.165, 1.54) is 148 Å². The van der Waals surface area contributed by atoms with Crippen LogP contribution in [0.15, 0.2) is 12.2 Å². The van der Waals surface area contributed by atoms with E-state index in [-0.39, 0.29) is 32.0 Å². The Morgan fingerprint density at radius 3 is 1.32 bits per heavy atom. The molecule has 0 saturated carbocycles. The van der Waals surface area contributed by atoms with Crippen molar-refractivity contribution in [2.75, 3.05) is 19.8 Å². The van der Waals surface area contributed by atoms with Gasteiger partial charge in [-0.15, -0.1) is 0 Å². The third kappa shape index (κ3) is 31.9. The Bertz CT molecular complexity index is 974. The first kappa shape index (κ1) is 55.5. The fourth-order valence-corrected chi connectivity index (χ4v) is 7.71. The summed E-state index contributed by atoms with van der Waals surface area (Å²) in [6.07, 6.45) is 36.4. The molecule has 0 radical (unpaired) electrons. The van der Waals surface area contributed by atoms with Crippen molar-refractivity contribution in [1.29, 1.82) is 0 Å². The Kier molecular flexibility index (Phi) is 38.1. The van der Waals surface area contributed by atoms with E-state index in [1.54, 1.807) is 0 Å². The van der Waals surface area contributed by atoms with Gasteiger partial charge in [0.25, 0.3) is 0 Å². The molecule has 348 valence electrons. The van der Waals surface area contributed by atoms with Gasteiger partial charge in [-0.3, -0.25) is 9.59 Å². The Hall–Kier alpha value is -1.56. The molecule has 0 amide bonds. The van der Waals surface area contributed by atoms with Crippen molar-refractivity contribution >= 4 is 11.9 Å². The number of carbonyl (C=O) groups is 2. The van der Waals surface area contributed by atoms with Crippen LogP contribution in [0, 0.1) is 0 Å². The second kappa shape index (κ2) is 40.5. The maximum atomic E-state index is 12.8. The number of ether oxygens (including phenoxy) is 4. The second-order valence-corrected chi connectivity index (χ2v) is 17.3. The van der Waals surface area contributed by atoms with Crippen molar-refractivity contribution in [2.24, 2.45) is 0 Å². The van der Waals surface area contributed by atoms with Crippen LogP contribution in [0.5, 0.6) is 0 Å². The number of rotatable bonds is 42. The predicted molar refractivity (Wildman–Crippen MR) is 238 cm³/mol. The van der Waals surface area contributed by atoms with Gasteiger partial charge in [0.05, 0.1) is 13.2 Å². The summed E-state index contributed by atoms with van der Waals surface area (Å²) in [4.78, 5) is 25.4. The van der Waals surface area contributed by atoms with E-state index >= 15 is 0 Å². The van der Waals surface area contributed by atoms with Crippen LogP contribution in [0.2, 0.25) is 0 Å². The third-order valence-electron chi connectivity index (χ3n) is 11.7. The van der Waals surface area contributed by atoms with E-state index in [2.05, 4.69) is 26.0 Å². The SMILES string of the molecule is CCCCCCCC/C=C/CCCCCCCCCC(=O)OC[C@@H](CO[C@H]1O[C@@H](CO)[C@@H](O)C(O)C1O)OC(=O)CCCCCCCCCCCCCCCCCCC. The van der Waals surface area contributed by atoms with Crippen LogP contribution in [-0.4, -0.2) is 89.0 Å². The molecule has 1 aliphatic heterocycles. The molecule has 0 aromatic rings. The number of aliphatic hydroxyl groups excluding tert-OH is 4. The van der Waals surface area contributed by atoms with Crippen molar-refractivity contribution in [2.45, 2.75) is 269 Å². The van der Waals surface area contributed by atoms with Crippen LogP contribution in [0.1, 0.15) is 232 Å². The minimum Gasteiger partial charge on any atom is -0.462 e. The number of unbranched alkanes of at least 4 members (excludes halogenated alkanes) is 29. The molecule has 10 nitrogen and oxygen atoms in total. The Labute approximate surface area is 361 Å². The smallest absolute Gasteiger partial charge is 0.306 e. The monoisotopic (exact) mass is 841 g/mol. The van der Waals surface area contributed by atoms with E-state index in [4.69, 9.17) is 18.9 Å². The standard InChI is InChI=1S/C49H92O10/c1-3-5-7-9-11-13-15-17-19-21-23-25-27-29-31-33-35-37-44(51)56-40-42(41-57-49-48(55)47(54)46(53)43(39-50)59-49)58-45(52)38-36-34-32-30-28-26-24-22-20-18-16-14-12-10-8-6-4-2/h17,19,42-43,46-50,53-55H,3-16,18,20-41H2,1-2H3/b19-17+/t42-,43-,46+,47?,48?,49-/m0/s1. The van der Waals surface area contributed by atoms with E-state index in [9.17, 15) is 30.0 Å². The van der Waals surface area contributed by atoms with Gasteiger partial charge in [-0.05, 0) is 38.5 Å². The summed E-state index contributed by atoms with van der Waals surface area (Å²) in [7, 11) is 0.